The van der Waals surface area contributed by atoms with E-state index in [0.717, 1.165) is 39.3 Å². The highest BCUT2D eigenvalue weighted by Gasteiger charge is 2.37. The number of nitrogens with one attached hydrogen (secondary N) is 3. The van der Waals surface area contributed by atoms with Crippen molar-refractivity contribution < 1.29 is 8.78 Å². The summed E-state index contributed by atoms with van der Waals surface area (Å²) in [5.41, 5.74) is 6.30. The molecule has 1 aromatic carbocycles. The Labute approximate surface area is 220 Å². The van der Waals surface area contributed by atoms with Crippen molar-refractivity contribution in [3.8, 4) is 11.4 Å². The number of alkyl halides is 2. The van der Waals surface area contributed by atoms with Crippen LogP contribution in [0.5, 0.6) is 0 Å². The summed E-state index contributed by atoms with van der Waals surface area (Å²) in [6, 6.07) is 13.9. The third-order valence-electron chi connectivity index (χ3n) is 6.69. The molecular weight excluding hydrogens is 486 g/mol. The summed E-state index contributed by atoms with van der Waals surface area (Å²) in [4.78, 5) is 15.2. The molecule has 0 bridgehead atoms. The van der Waals surface area contributed by atoms with Crippen LogP contribution in [0.4, 0.5) is 14.6 Å². The molecule has 0 aliphatic carbocycles. The summed E-state index contributed by atoms with van der Waals surface area (Å²) in [6.45, 7) is 1.49. The van der Waals surface area contributed by atoms with Crippen molar-refractivity contribution >= 4 is 23.3 Å². The maximum absolute atomic E-state index is 13.5. The number of imidazole rings is 1. The molecule has 0 amide bonds. The van der Waals surface area contributed by atoms with Crippen LogP contribution in [-0.4, -0.2) is 63.1 Å². The zero-order chi connectivity index (χ0) is 26.5. The first kappa shape index (κ1) is 25.5. The van der Waals surface area contributed by atoms with Gasteiger partial charge in [-0.3, -0.25) is 9.30 Å². The van der Waals surface area contributed by atoms with Gasteiger partial charge in [-0.05, 0) is 35.2 Å². The van der Waals surface area contributed by atoms with Crippen LogP contribution in [-0.2, 0) is 13.0 Å². The second-order valence-corrected chi connectivity index (χ2v) is 9.41. The third-order valence-corrected chi connectivity index (χ3v) is 6.69. The van der Waals surface area contributed by atoms with Crippen LogP contribution in [0.2, 0.25) is 0 Å². The summed E-state index contributed by atoms with van der Waals surface area (Å²) in [6.07, 6.45) is 9.02. The number of benzene rings is 1. The standard InChI is InChI=1S/C28H30F2N8/c1-32-16-23(14-31)22-4-2-21(3-5-22)15-33-26-13-24(35-19-36-26)25-17-34-27-12-20(7-10-38(25)27)6-9-37-11-8-28(29,30)18-37/h2-5,7,10,12-14,16-17,19,31-32H,6,8-9,11,15,18H2,1H3,(H,33,35,36)/b23-16+,31-14?. The zero-order valence-corrected chi connectivity index (χ0v) is 21.2. The zero-order valence-electron chi connectivity index (χ0n) is 21.2. The van der Waals surface area contributed by atoms with Gasteiger partial charge in [0, 0.05) is 63.4 Å². The molecule has 0 saturated carbocycles. The van der Waals surface area contributed by atoms with E-state index in [-0.39, 0.29) is 13.0 Å². The van der Waals surface area contributed by atoms with E-state index in [4.69, 9.17) is 5.41 Å². The molecule has 1 aliphatic heterocycles. The number of fused-ring (bicyclic) bond motifs is 1. The molecule has 10 heteroatoms. The fourth-order valence-corrected chi connectivity index (χ4v) is 4.62. The van der Waals surface area contributed by atoms with Gasteiger partial charge < -0.3 is 16.0 Å². The van der Waals surface area contributed by atoms with Crippen LogP contribution >= 0.6 is 0 Å². The van der Waals surface area contributed by atoms with Gasteiger partial charge in [-0.15, -0.1) is 0 Å². The van der Waals surface area contributed by atoms with Crippen molar-refractivity contribution in [2.75, 3.05) is 32.0 Å². The minimum absolute atomic E-state index is 0.0569. The Bertz CT molecular complexity index is 1450. The summed E-state index contributed by atoms with van der Waals surface area (Å²) in [5, 5.41) is 13.9. The van der Waals surface area contributed by atoms with Gasteiger partial charge in [0.15, 0.2) is 0 Å². The molecule has 1 saturated heterocycles. The third kappa shape index (κ3) is 5.86. The van der Waals surface area contributed by atoms with Crippen molar-refractivity contribution in [3.63, 3.8) is 0 Å². The number of aromatic nitrogens is 4. The minimum atomic E-state index is -2.56. The van der Waals surface area contributed by atoms with Crippen LogP contribution in [0, 0.1) is 5.41 Å². The van der Waals surface area contributed by atoms with E-state index in [1.54, 1.807) is 12.4 Å². The van der Waals surface area contributed by atoms with E-state index in [9.17, 15) is 8.78 Å². The van der Waals surface area contributed by atoms with Crippen molar-refractivity contribution in [3.05, 3.63) is 84.1 Å². The molecule has 0 unspecified atom stereocenters. The molecule has 8 nitrogen and oxygen atoms in total. The van der Waals surface area contributed by atoms with E-state index in [0.29, 0.717) is 31.9 Å². The Morgan fingerprint density at radius 2 is 1.95 bits per heavy atom. The molecule has 4 heterocycles. The Balaban J connectivity index is 1.24. The Morgan fingerprint density at radius 3 is 2.68 bits per heavy atom. The van der Waals surface area contributed by atoms with E-state index in [1.165, 1.54) is 12.5 Å². The summed E-state index contributed by atoms with van der Waals surface area (Å²) < 4.78 is 28.9. The topological polar surface area (TPSA) is 94.2 Å². The van der Waals surface area contributed by atoms with Gasteiger partial charge in [-0.2, -0.15) is 0 Å². The van der Waals surface area contributed by atoms with Crippen LogP contribution in [0.3, 0.4) is 0 Å². The second-order valence-electron chi connectivity index (χ2n) is 9.41. The first-order valence-corrected chi connectivity index (χ1v) is 12.5. The normalized spacial score (nSPS) is 15.6. The average Bonchev–Trinajstić information content (AvgIpc) is 3.52. The number of nitrogens with zero attached hydrogens (tertiary/aromatic N) is 5. The summed E-state index contributed by atoms with van der Waals surface area (Å²) in [5.74, 6) is -1.87. The fraction of sp³-hybridized carbons (Fsp3) is 0.286. The minimum Gasteiger partial charge on any atom is -0.393 e. The predicted octanol–water partition coefficient (Wildman–Crippen LogP) is 4.50. The Hall–Kier alpha value is -4.18. The number of hydrogen-bond donors (Lipinski definition) is 3. The number of hydrogen-bond acceptors (Lipinski definition) is 7. The maximum atomic E-state index is 13.5. The number of allylic oxidation sites excluding steroid dienone is 1. The highest BCUT2D eigenvalue weighted by molar-refractivity contribution is 6.08. The van der Waals surface area contributed by atoms with Gasteiger partial charge in [-0.25, -0.2) is 23.7 Å². The number of pyridine rings is 1. The molecule has 38 heavy (non-hydrogen) atoms. The molecule has 3 aromatic heterocycles. The molecule has 5 rings (SSSR count). The van der Waals surface area contributed by atoms with Crippen LogP contribution in [0.15, 0.2) is 67.4 Å². The monoisotopic (exact) mass is 516 g/mol. The SMILES string of the molecule is CN/C=C(\C=N)c1ccc(CNc2cc(-c3cnc4cc(CCN5CCC(F)(F)C5)ccn34)ncn2)cc1. The molecule has 0 radical (unpaired) electrons. The van der Waals surface area contributed by atoms with Gasteiger partial charge in [0.2, 0.25) is 0 Å². The average molecular weight is 517 g/mol. The van der Waals surface area contributed by atoms with Crippen LogP contribution in [0.25, 0.3) is 22.6 Å². The lowest BCUT2D eigenvalue weighted by molar-refractivity contribution is 0.0123. The maximum Gasteiger partial charge on any atom is 0.261 e. The smallest absolute Gasteiger partial charge is 0.261 e. The number of halogens is 2. The van der Waals surface area contributed by atoms with Gasteiger partial charge in [0.25, 0.3) is 5.92 Å². The Morgan fingerprint density at radius 1 is 1.11 bits per heavy atom. The quantitative estimate of drug-likeness (QED) is 0.269. The van der Waals surface area contributed by atoms with Gasteiger partial charge in [0.1, 0.15) is 17.8 Å². The number of likely N-dealkylation sites (tertiary alicyclic amines) is 1. The number of anilines is 1. The highest BCUT2D eigenvalue weighted by Crippen LogP contribution is 2.27. The summed E-state index contributed by atoms with van der Waals surface area (Å²) in [7, 11) is 1.81. The molecule has 0 atom stereocenters. The predicted molar refractivity (Wildman–Crippen MR) is 146 cm³/mol. The van der Waals surface area contributed by atoms with Crippen LogP contribution < -0.4 is 10.6 Å². The molecule has 196 valence electrons. The van der Waals surface area contributed by atoms with E-state index < -0.39 is 5.92 Å². The second kappa shape index (κ2) is 11.1. The van der Waals surface area contributed by atoms with Gasteiger partial charge >= 0.3 is 0 Å². The molecule has 3 N–H and O–H groups in total. The lowest BCUT2D eigenvalue weighted by atomic mass is 10.1. The first-order valence-electron chi connectivity index (χ1n) is 12.5. The molecule has 0 spiro atoms. The molecular formula is C28H30F2N8. The van der Waals surface area contributed by atoms with Crippen molar-refractivity contribution in [1.82, 2.24) is 29.6 Å². The molecule has 1 fully saturated rings. The van der Waals surface area contributed by atoms with Gasteiger partial charge in [-0.1, -0.05) is 24.3 Å². The van der Waals surface area contributed by atoms with E-state index in [2.05, 4.69) is 25.6 Å². The van der Waals surface area contributed by atoms with Crippen molar-refractivity contribution in [2.24, 2.45) is 0 Å². The summed E-state index contributed by atoms with van der Waals surface area (Å²) >= 11 is 0. The van der Waals surface area contributed by atoms with E-state index in [1.807, 2.05) is 65.0 Å². The molecule has 4 aromatic rings. The number of rotatable bonds is 10. The largest absolute Gasteiger partial charge is 0.393 e. The van der Waals surface area contributed by atoms with Crippen LogP contribution in [0.1, 0.15) is 23.1 Å². The van der Waals surface area contributed by atoms with Crippen molar-refractivity contribution in [2.45, 2.75) is 25.3 Å². The van der Waals surface area contributed by atoms with Crippen molar-refractivity contribution in [1.29, 1.82) is 5.41 Å². The fourth-order valence-electron chi connectivity index (χ4n) is 4.62. The highest BCUT2D eigenvalue weighted by atomic mass is 19.3. The van der Waals surface area contributed by atoms with E-state index >= 15 is 0 Å². The Kier molecular flexibility index (Phi) is 7.41. The lowest BCUT2D eigenvalue weighted by Gasteiger charge is -2.15. The molecule has 1 aliphatic rings. The van der Waals surface area contributed by atoms with Gasteiger partial charge in [0.05, 0.1) is 24.1 Å². The lowest BCUT2D eigenvalue weighted by Crippen LogP contribution is -2.27. The first-order chi connectivity index (χ1) is 18.4.